The van der Waals surface area contributed by atoms with E-state index in [2.05, 4.69) is 6.92 Å². The molecule has 0 saturated carbocycles. The van der Waals surface area contributed by atoms with Crippen LogP contribution in [0.5, 0.6) is 0 Å². The van der Waals surface area contributed by atoms with Crippen LogP contribution in [0.15, 0.2) is 30.3 Å². The molecule has 146 valence electrons. The molecule has 0 aliphatic rings. The van der Waals surface area contributed by atoms with Crippen molar-refractivity contribution < 1.29 is 19.1 Å². The first-order chi connectivity index (χ1) is 12.7. The predicted molar refractivity (Wildman–Crippen MR) is 104 cm³/mol. The first-order valence-corrected chi connectivity index (χ1v) is 10.1. The topological polar surface area (TPSA) is 52.6 Å². The lowest BCUT2D eigenvalue weighted by atomic mass is 10.1. The van der Waals surface area contributed by atoms with E-state index in [0.29, 0.717) is 26.1 Å². The van der Waals surface area contributed by atoms with Gasteiger partial charge in [-0.2, -0.15) is 0 Å². The van der Waals surface area contributed by atoms with Crippen LogP contribution >= 0.6 is 0 Å². The highest BCUT2D eigenvalue weighted by molar-refractivity contribution is 5.69. The zero-order chi connectivity index (χ0) is 18.9. The van der Waals surface area contributed by atoms with Crippen LogP contribution in [0.3, 0.4) is 0 Å². The molecule has 0 unspecified atom stereocenters. The molecule has 0 aliphatic heterocycles. The zero-order valence-electron chi connectivity index (χ0n) is 16.2. The SMILES string of the molecule is CCCCCCCOC(=O)CCCCCC(=O)OCCc1ccccc1. The van der Waals surface area contributed by atoms with Crippen molar-refractivity contribution in [3.8, 4) is 0 Å². The zero-order valence-corrected chi connectivity index (χ0v) is 16.2. The number of ether oxygens (including phenoxy) is 2. The van der Waals surface area contributed by atoms with Gasteiger partial charge >= 0.3 is 11.9 Å². The Morgan fingerprint density at radius 3 is 1.96 bits per heavy atom. The molecule has 0 atom stereocenters. The minimum absolute atomic E-state index is 0.120. The summed E-state index contributed by atoms with van der Waals surface area (Å²) in [7, 11) is 0. The fraction of sp³-hybridized carbons (Fsp3) is 0.636. The predicted octanol–water partition coefficient (Wildman–Crippen LogP) is 5.24. The van der Waals surface area contributed by atoms with Gasteiger partial charge in [0.05, 0.1) is 13.2 Å². The van der Waals surface area contributed by atoms with Gasteiger partial charge in [-0.15, -0.1) is 0 Å². The van der Waals surface area contributed by atoms with Gasteiger partial charge in [0.25, 0.3) is 0 Å². The average Bonchev–Trinajstić information content (AvgIpc) is 2.65. The van der Waals surface area contributed by atoms with Gasteiger partial charge in [-0.05, 0) is 24.8 Å². The quantitative estimate of drug-likeness (QED) is 0.316. The highest BCUT2D eigenvalue weighted by Gasteiger charge is 2.05. The first-order valence-electron chi connectivity index (χ1n) is 10.1. The van der Waals surface area contributed by atoms with Gasteiger partial charge in [0.1, 0.15) is 0 Å². The van der Waals surface area contributed by atoms with E-state index in [1.165, 1.54) is 24.8 Å². The van der Waals surface area contributed by atoms with E-state index in [1.807, 2.05) is 30.3 Å². The number of unbranched alkanes of at least 4 members (excludes halogenated alkanes) is 6. The van der Waals surface area contributed by atoms with Gasteiger partial charge < -0.3 is 9.47 Å². The summed E-state index contributed by atoms with van der Waals surface area (Å²) in [6, 6.07) is 9.98. The summed E-state index contributed by atoms with van der Waals surface area (Å²) < 4.78 is 10.5. The lowest BCUT2D eigenvalue weighted by Gasteiger charge is -2.06. The molecule has 0 saturated heterocycles. The normalized spacial score (nSPS) is 10.5. The molecule has 1 rings (SSSR count). The maximum Gasteiger partial charge on any atom is 0.305 e. The summed E-state index contributed by atoms with van der Waals surface area (Å²) in [5.41, 5.74) is 1.17. The van der Waals surface area contributed by atoms with Crippen LogP contribution in [0.4, 0.5) is 0 Å². The van der Waals surface area contributed by atoms with Gasteiger partial charge in [-0.1, -0.05) is 69.4 Å². The van der Waals surface area contributed by atoms with E-state index in [9.17, 15) is 9.59 Å². The fourth-order valence-electron chi connectivity index (χ4n) is 2.68. The second kappa shape index (κ2) is 15.4. The number of benzene rings is 1. The number of carbonyl (C=O) groups is 2. The Balaban J connectivity index is 1.89. The average molecular weight is 363 g/mol. The van der Waals surface area contributed by atoms with Gasteiger partial charge in [-0.3, -0.25) is 9.59 Å². The molecule has 4 nitrogen and oxygen atoms in total. The first kappa shape index (κ1) is 22.2. The summed E-state index contributed by atoms with van der Waals surface area (Å²) in [6.45, 7) is 3.15. The van der Waals surface area contributed by atoms with Crippen LogP contribution in [-0.2, 0) is 25.5 Å². The number of carbonyl (C=O) groups excluding carboxylic acids is 2. The van der Waals surface area contributed by atoms with E-state index in [0.717, 1.165) is 38.5 Å². The summed E-state index contributed by atoms with van der Waals surface area (Å²) in [5.74, 6) is -0.276. The summed E-state index contributed by atoms with van der Waals surface area (Å²) in [6.07, 6.45) is 9.77. The molecule has 0 bridgehead atoms. The largest absolute Gasteiger partial charge is 0.466 e. The highest BCUT2D eigenvalue weighted by atomic mass is 16.5. The second-order valence-electron chi connectivity index (χ2n) is 6.65. The molecule has 0 amide bonds. The van der Waals surface area contributed by atoms with Crippen molar-refractivity contribution in [1.82, 2.24) is 0 Å². The fourth-order valence-corrected chi connectivity index (χ4v) is 2.68. The maximum atomic E-state index is 11.7. The molecule has 0 radical (unpaired) electrons. The second-order valence-corrected chi connectivity index (χ2v) is 6.65. The van der Waals surface area contributed by atoms with Crippen LogP contribution < -0.4 is 0 Å². The molecule has 0 heterocycles. The third-order valence-electron chi connectivity index (χ3n) is 4.27. The van der Waals surface area contributed by atoms with Crippen LogP contribution in [0.2, 0.25) is 0 Å². The maximum absolute atomic E-state index is 11.7. The van der Waals surface area contributed by atoms with Gasteiger partial charge in [0, 0.05) is 19.3 Å². The number of hydrogen-bond donors (Lipinski definition) is 0. The number of rotatable bonds is 15. The van der Waals surface area contributed by atoms with Crippen LogP contribution in [0.1, 0.15) is 76.7 Å². The molecule has 1 aromatic carbocycles. The van der Waals surface area contributed by atoms with Crippen molar-refractivity contribution in [1.29, 1.82) is 0 Å². The van der Waals surface area contributed by atoms with Crippen molar-refractivity contribution in [3.05, 3.63) is 35.9 Å². The van der Waals surface area contributed by atoms with Crippen LogP contribution in [-0.4, -0.2) is 25.2 Å². The minimum atomic E-state index is -0.157. The molecule has 0 fully saturated rings. The van der Waals surface area contributed by atoms with E-state index in [-0.39, 0.29) is 11.9 Å². The Kier molecular flexibility index (Phi) is 13.2. The third-order valence-corrected chi connectivity index (χ3v) is 4.27. The summed E-state index contributed by atoms with van der Waals surface area (Å²) in [5, 5.41) is 0. The van der Waals surface area contributed by atoms with E-state index < -0.39 is 0 Å². The Morgan fingerprint density at radius 2 is 1.31 bits per heavy atom. The van der Waals surface area contributed by atoms with Gasteiger partial charge in [0.15, 0.2) is 0 Å². The van der Waals surface area contributed by atoms with E-state index in [4.69, 9.17) is 9.47 Å². The number of esters is 2. The minimum Gasteiger partial charge on any atom is -0.466 e. The van der Waals surface area contributed by atoms with Gasteiger partial charge in [0.2, 0.25) is 0 Å². The van der Waals surface area contributed by atoms with Crippen molar-refractivity contribution in [2.24, 2.45) is 0 Å². The molecule has 0 aliphatic carbocycles. The van der Waals surface area contributed by atoms with Crippen molar-refractivity contribution in [3.63, 3.8) is 0 Å². The van der Waals surface area contributed by atoms with Crippen LogP contribution in [0, 0.1) is 0 Å². The molecule has 0 aromatic heterocycles. The molecule has 0 spiro atoms. The molecule has 4 heteroatoms. The molecular weight excluding hydrogens is 328 g/mol. The van der Waals surface area contributed by atoms with Crippen LogP contribution in [0.25, 0.3) is 0 Å². The Bertz CT molecular complexity index is 484. The lowest BCUT2D eigenvalue weighted by molar-refractivity contribution is -0.144. The molecule has 0 N–H and O–H groups in total. The Labute approximate surface area is 158 Å². The molecular formula is C22H34O4. The molecule has 1 aromatic rings. The van der Waals surface area contributed by atoms with Crippen molar-refractivity contribution in [2.45, 2.75) is 77.6 Å². The highest BCUT2D eigenvalue weighted by Crippen LogP contribution is 2.07. The smallest absolute Gasteiger partial charge is 0.305 e. The van der Waals surface area contributed by atoms with E-state index >= 15 is 0 Å². The third kappa shape index (κ3) is 12.5. The summed E-state index contributed by atoms with van der Waals surface area (Å²) in [4.78, 5) is 23.3. The Hall–Kier alpha value is -1.84. The monoisotopic (exact) mass is 362 g/mol. The van der Waals surface area contributed by atoms with Crippen molar-refractivity contribution >= 4 is 11.9 Å². The van der Waals surface area contributed by atoms with Crippen molar-refractivity contribution in [2.75, 3.05) is 13.2 Å². The summed E-state index contributed by atoms with van der Waals surface area (Å²) >= 11 is 0. The van der Waals surface area contributed by atoms with Gasteiger partial charge in [-0.25, -0.2) is 0 Å². The molecule has 26 heavy (non-hydrogen) atoms. The lowest BCUT2D eigenvalue weighted by Crippen LogP contribution is -2.08. The van der Waals surface area contributed by atoms with E-state index in [1.54, 1.807) is 0 Å². The Morgan fingerprint density at radius 1 is 0.731 bits per heavy atom. The standard InChI is InChI=1S/C22H34O4/c1-2-3-4-5-12-18-25-21(23)15-10-7-11-16-22(24)26-19-17-20-13-8-6-9-14-20/h6,8-9,13-14H,2-5,7,10-12,15-19H2,1H3. The number of hydrogen-bond acceptors (Lipinski definition) is 4.